The molecule has 0 saturated heterocycles. The van der Waals surface area contributed by atoms with Crippen molar-refractivity contribution in [1.82, 2.24) is 0 Å². The summed E-state index contributed by atoms with van der Waals surface area (Å²) in [5, 5.41) is 0. The molecule has 0 fully saturated rings. The van der Waals surface area contributed by atoms with Crippen molar-refractivity contribution in [2.45, 2.75) is 331 Å². The fourth-order valence-electron chi connectivity index (χ4n) is 3.09. The molecule has 0 aliphatic heterocycles. The quantitative estimate of drug-likeness (QED) is 0.0788. The van der Waals surface area contributed by atoms with Crippen LogP contribution in [0.4, 0.5) is 0 Å². The van der Waals surface area contributed by atoms with E-state index in [1.165, 1.54) is 6.42 Å². The second-order valence-electron chi connectivity index (χ2n) is 26.7. The number of nitrogens with two attached hydrogens (primary N) is 9. The van der Waals surface area contributed by atoms with Crippen molar-refractivity contribution in [2.24, 2.45) is 62.4 Å². The van der Waals surface area contributed by atoms with Crippen LogP contribution in [0.2, 0.25) is 0 Å². The molecule has 0 rings (SSSR count). The monoisotopic (exact) mass is 1110 g/mol. The molecule has 79 heavy (non-hydrogen) atoms. The van der Waals surface area contributed by atoms with Gasteiger partial charge in [0, 0.05) is 68.9 Å². The molecule has 0 heterocycles. The van der Waals surface area contributed by atoms with Crippen molar-refractivity contribution in [3.63, 3.8) is 0 Å². The predicted molar refractivity (Wildman–Crippen MR) is 370 cm³/mol. The SMILES string of the molecule is C.C.C#CC(C)(C)C.C#CC(C)(C)N.C#CCC(C)(C)N.C/C=C\C(C)(C)N.CC#CC(C)(C)C.CC#CC(C)(C)N.CC#CCC(C)(C)N.CC#CCC(C)(C)N.CC=CCC(C)(C)N.CCC(C)(C)N.CCCC(C)(C)N. The summed E-state index contributed by atoms with van der Waals surface area (Å²) >= 11 is 0. The molecule has 0 aliphatic carbocycles. The average molecular weight is 1110 g/mol. The first-order valence-electron chi connectivity index (χ1n) is 27.1. The van der Waals surface area contributed by atoms with Crippen LogP contribution in [0.15, 0.2) is 24.3 Å². The largest absolute Gasteiger partial charge is 0.326 e. The number of allylic oxidation sites excluding steroid dienone is 2. The summed E-state index contributed by atoms with van der Waals surface area (Å²) in [7, 11) is 0. The third-order valence-electron chi connectivity index (χ3n) is 7.03. The van der Waals surface area contributed by atoms with Crippen molar-refractivity contribution in [3.05, 3.63) is 24.3 Å². The molecule has 9 heteroatoms. The van der Waals surface area contributed by atoms with E-state index in [1.54, 1.807) is 20.8 Å². The smallest absolute Gasteiger partial charge is 0.0718 e. The summed E-state index contributed by atoms with van der Waals surface area (Å²) in [6, 6.07) is 0. The lowest BCUT2D eigenvalue weighted by Gasteiger charge is -2.15. The highest BCUT2D eigenvalue weighted by molar-refractivity contribution is 5.10. The summed E-state index contributed by atoms with van der Waals surface area (Å²) in [6.07, 6.45) is 29.5. The molecule has 18 N–H and O–H groups in total. The minimum atomic E-state index is -0.431. The van der Waals surface area contributed by atoms with Crippen LogP contribution in [-0.4, -0.2) is 49.9 Å². The highest BCUT2D eigenvalue weighted by Crippen LogP contribution is 2.10. The van der Waals surface area contributed by atoms with Crippen LogP contribution in [0.5, 0.6) is 0 Å². The van der Waals surface area contributed by atoms with E-state index in [2.05, 4.69) is 120 Å². The van der Waals surface area contributed by atoms with Crippen LogP contribution in [0, 0.1) is 95.2 Å². The third-order valence-corrected chi connectivity index (χ3v) is 7.03. The first-order chi connectivity index (χ1) is 33.7. The minimum Gasteiger partial charge on any atom is -0.326 e. The number of terminal acetylenes is 3. The van der Waals surface area contributed by atoms with E-state index in [9.17, 15) is 0 Å². The van der Waals surface area contributed by atoms with Gasteiger partial charge in [-0.1, -0.05) is 77.2 Å². The first-order valence-corrected chi connectivity index (χ1v) is 27.1. The maximum Gasteiger partial charge on any atom is 0.0718 e. The molecular weight excluding hydrogens is 967 g/mol. The highest BCUT2D eigenvalue weighted by atomic mass is 14.7. The van der Waals surface area contributed by atoms with E-state index in [-0.39, 0.29) is 70.0 Å². The molecule has 0 aromatic rings. The second-order valence-corrected chi connectivity index (χ2v) is 26.7. The standard InChI is InChI=1S/C7H15N.2C7H13N.C7H12.C6H15N.C6H13N.2C6H11N.C6H10.C5H13N.C5H9N.2CH4/c3*1-4-5-6-7(2,3)8;1-5-6-7(2,3)4;4*1-4-5-6(2,3)7;1-5-6(2,3)4;2*1-4-5(2,3)6;;/h4-5H,6,8H2,1-3H3;2*6,8H2,1-3H3;1-4H3;4-5,7H2,1-3H3;4-5H,7H2,1-3H3;7H2,1-3H3;1H,5,7H2,2-3H3;1H,2-4H3;4,6H2,1-3H3;1H,6H2,2-3H3;2*1H4/b;;;;;5-4-;;;;;;;. The van der Waals surface area contributed by atoms with E-state index in [0.717, 1.165) is 32.1 Å². The van der Waals surface area contributed by atoms with Gasteiger partial charge in [0.05, 0.1) is 11.1 Å². The van der Waals surface area contributed by atoms with Crippen LogP contribution >= 0.6 is 0 Å². The molecule has 0 spiro atoms. The van der Waals surface area contributed by atoms with Gasteiger partial charge >= 0.3 is 0 Å². The number of rotatable bonds is 9. The third kappa shape index (κ3) is 240. The minimum absolute atomic E-state index is 0. The molecule has 0 aliphatic rings. The topological polar surface area (TPSA) is 234 Å². The molecule has 0 aromatic heterocycles. The second kappa shape index (κ2) is 55.9. The van der Waals surface area contributed by atoms with Crippen molar-refractivity contribution in [1.29, 1.82) is 0 Å². The maximum atomic E-state index is 5.67. The van der Waals surface area contributed by atoms with E-state index in [1.807, 2.05) is 171 Å². The Bertz CT molecular complexity index is 1700. The van der Waals surface area contributed by atoms with Crippen molar-refractivity contribution < 1.29 is 0 Å². The molecule has 468 valence electrons. The normalized spacial score (nSPS) is 10.7. The highest BCUT2D eigenvalue weighted by Gasteiger charge is 2.09. The molecule has 0 radical (unpaired) electrons. The van der Waals surface area contributed by atoms with Crippen molar-refractivity contribution in [3.8, 4) is 84.4 Å². The lowest BCUT2D eigenvalue weighted by Crippen LogP contribution is -2.31. The Balaban J connectivity index is -0.0000000551. The lowest BCUT2D eigenvalue weighted by molar-refractivity contribution is 0.470. The molecule has 0 unspecified atom stereocenters. The zero-order chi connectivity index (χ0) is 65.1. The Hall–Kier alpha value is -3.96. The summed E-state index contributed by atoms with van der Waals surface area (Å²) in [5.74, 6) is 30.3. The van der Waals surface area contributed by atoms with Gasteiger partial charge in [-0.05, 0) is 227 Å². The van der Waals surface area contributed by atoms with Gasteiger partial charge in [-0.3, -0.25) is 0 Å². The zero-order valence-corrected chi connectivity index (χ0v) is 57.2. The molecule has 0 aromatic carbocycles. The molecule has 0 amide bonds. The Morgan fingerprint density at radius 3 is 0.722 bits per heavy atom. The fourth-order valence-corrected chi connectivity index (χ4v) is 3.09. The van der Waals surface area contributed by atoms with Gasteiger partial charge in [0.15, 0.2) is 0 Å². The van der Waals surface area contributed by atoms with Gasteiger partial charge < -0.3 is 51.6 Å². The van der Waals surface area contributed by atoms with E-state index >= 15 is 0 Å². The Morgan fingerprint density at radius 1 is 0.392 bits per heavy atom. The molecular formula is C70H143N9. The molecule has 9 nitrogen and oxygen atoms in total. The van der Waals surface area contributed by atoms with Gasteiger partial charge in [0.2, 0.25) is 0 Å². The van der Waals surface area contributed by atoms with Gasteiger partial charge in [0.25, 0.3) is 0 Å². The molecule has 0 atom stereocenters. The van der Waals surface area contributed by atoms with Crippen LogP contribution in [-0.2, 0) is 0 Å². The van der Waals surface area contributed by atoms with Gasteiger partial charge in [-0.2, -0.15) is 0 Å². The fraction of sp³-hybridized carbons (Fsp3) is 0.743. The summed E-state index contributed by atoms with van der Waals surface area (Å²) in [4.78, 5) is 0. The maximum absolute atomic E-state index is 5.67. The first kappa shape index (κ1) is 107. The van der Waals surface area contributed by atoms with E-state index in [4.69, 9.17) is 70.9 Å². The Labute approximate surface area is 500 Å². The van der Waals surface area contributed by atoms with Gasteiger partial charge in [0.1, 0.15) is 0 Å². The van der Waals surface area contributed by atoms with Crippen molar-refractivity contribution in [2.75, 3.05) is 0 Å². The average Bonchev–Trinajstić information content (AvgIpc) is 3.17. The van der Waals surface area contributed by atoms with E-state index in [0.29, 0.717) is 6.42 Å². The number of hydrogen-bond acceptors (Lipinski definition) is 9. The predicted octanol–water partition coefficient (Wildman–Crippen LogP) is 14.8. The Morgan fingerprint density at radius 2 is 0.696 bits per heavy atom. The molecule has 0 saturated carbocycles. The van der Waals surface area contributed by atoms with Crippen LogP contribution in [0.1, 0.15) is 281 Å². The van der Waals surface area contributed by atoms with Gasteiger partial charge in [-0.25, -0.2) is 0 Å². The van der Waals surface area contributed by atoms with Crippen molar-refractivity contribution >= 4 is 0 Å². The summed E-state index contributed by atoms with van der Waals surface area (Å²) in [5.41, 5.74) is 48.9. The molecule has 0 bridgehead atoms. The van der Waals surface area contributed by atoms with Crippen LogP contribution in [0.3, 0.4) is 0 Å². The summed E-state index contributed by atoms with van der Waals surface area (Å²) in [6.45, 7) is 63.0. The number of hydrogen-bond donors (Lipinski definition) is 9. The summed E-state index contributed by atoms with van der Waals surface area (Å²) < 4.78 is 0. The zero-order valence-electron chi connectivity index (χ0n) is 57.2. The van der Waals surface area contributed by atoms with E-state index < -0.39 is 5.54 Å². The van der Waals surface area contributed by atoms with Gasteiger partial charge in [-0.15, -0.1) is 66.6 Å². The van der Waals surface area contributed by atoms with Crippen LogP contribution < -0.4 is 51.6 Å². The Kier molecular flexibility index (Phi) is 75.7. The van der Waals surface area contributed by atoms with Crippen LogP contribution in [0.25, 0.3) is 0 Å². The lowest BCUT2D eigenvalue weighted by atomic mass is 9.98.